The second kappa shape index (κ2) is 51.4. The first kappa shape index (κ1) is 59.8. The van der Waals surface area contributed by atoms with Crippen molar-refractivity contribution in [2.75, 3.05) is 13.2 Å². The lowest BCUT2D eigenvalue weighted by molar-refractivity contribution is -0.167. The summed E-state index contributed by atoms with van der Waals surface area (Å²) >= 11 is 0. The Morgan fingerprint density at radius 3 is 1.19 bits per heavy atom. The van der Waals surface area contributed by atoms with Gasteiger partial charge in [0, 0.05) is 19.3 Å². The van der Waals surface area contributed by atoms with E-state index in [-0.39, 0.29) is 44.0 Å². The molecule has 0 aliphatic carbocycles. The Kier molecular flexibility index (Phi) is 48.1. The highest BCUT2D eigenvalue weighted by Gasteiger charge is 2.19. The smallest absolute Gasteiger partial charge is 0.306 e. The Hall–Kier alpha value is -4.19. The largest absolute Gasteiger partial charge is 0.462 e. The summed E-state index contributed by atoms with van der Waals surface area (Å²) < 4.78 is 16.7. The summed E-state index contributed by atoms with van der Waals surface area (Å²) in [6.45, 7) is 6.28. The van der Waals surface area contributed by atoms with Crippen molar-refractivity contribution in [2.45, 2.75) is 213 Å². The molecule has 0 aromatic heterocycles. The molecule has 0 heterocycles. The van der Waals surface area contributed by atoms with Gasteiger partial charge in [0.25, 0.3) is 0 Å². The van der Waals surface area contributed by atoms with Crippen LogP contribution < -0.4 is 0 Å². The van der Waals surface area contributed by atoms with Gasteiger partial charge >= 0.3 is 17.9 Å². The molecular formula is C58H92O6. The maximum Gasteiger partial charge on any atom is 0.306 e. The van der Waals surface area contributed by atoms with E-state index in [9.17, 15) is 14.4 Å². The van der Waals surface area contributed by atoms with Crippen LogP contribution in [0, 0.1) is 0 Å². The Balaban J connectivity index is 4.57. The minimum absolute atomic E-state index is 0.115. The highest BCUT2D eigenvalue weighted by Crippen LogP contribution is 2.14. The lowest BCUT2D eigenvalue weighted by atomic mass is 10.0. The number of allylic oxidation sites excluding steroid dienone is 20. The molecule has 6 nitrogen and oxygen atoms in total. The maximum absolute atomic E-state index is 12.8. The number of hydrogen-bond acceptors (Lipinski definition) is 6. The number of hydrogen-bond donors (Lipinski definition) is 0. The molecule has 0 aromatic rings. The van der Waals surface area contributed by atoms with Gasteiger partial charge in [-0.25, -0.2) is 0 Å². The van der Waals surface area contributed by atoms with Crippen molar-refractivity contribution in [1.29, 1.82) is 0 Å². The van der Waals surface area contributed by atoms with E-state index in [1.807, 2.05) is 48.6 Å². The summed E-state index contributed by atoms with van der Waals surface area (Å²) in [5.74, 6) is -1.02. The summed E-state index contributed by atoms with van der Waals surface area (Å²) in [6.07, 6.45) is 70.4. The van der Waals surface area contributed by atoms with Crippen LogP contribution in [-0.4, -0.2) is 37.2 Å². The molecule has 0 aliphatic heterocycles. The highest BCUT2D eigenvalue weighted by atomic mass is 16.6. The molecule has 0 rings (SSSR count). The summed E-state index contributed by atoms with van der Waals surface area (Å²) in [5.41, 5.74) is 0. The van der Waals surface area contributed by atoms with Gasteiger partial charge in [-0.05, 0) is 77.0 Å². The standard InChI is InChI=1S/C58H92O6/c1-4-7-10-13-16-19-22-25-28-29-31-33-36-39-42-45-48-51-57(60)63-54-55(53-62-56(59)50-47-44-41-38-35-32-27-24-21-18-15-12-9-6-3)64-58(61)52-49-46-43-40-37-34-30-26-23-20-17-14-11-8-5-2/h7-8,10-11,14,16-17,19-20,23,25-26,28,30-31,33-34,37,39,42,55H,4-6,9,12-13,15,18,21-22,24,27,29,32,35-36,38,40-41,43-54H2,1-3H3/b10-7-,11-8-,17-14-,19-16-,23-20-,28-25-,30-26-,33-31-,37-34-,42-39-. The molecule has 0 spiro atoms. The Morgan fingerprint density at radius 1 is 0.344 bits per heavy atom. The number of ether oxygens (including phenoxy) is 3. The van der Waals surface area contributed by atoms with Gasteiger partial charge in [0.15, 0.2) is 6.10 Å². The van der Waals surface area contributed by atoms with Gasteiger partial charge < -0.3 is 14.2 Å². The van der Waals surface area contributed by atoms with Crippen molar-refractivity contribution in [1.82, 2.24) is 0 Å². The Morgan fingerprint density at radius 2 is 0.703 bits per heavy atom. The molecule has 1 unspecified atom stereocenters. The lowest BCUT2D eigenvalue weighted by Gasteiger charge is -2.18. The van der Waals surface area contributed by atoms with Gasteiger partial charge in [-0.15, -0.1) is 0 Å². The van der Waals surface area contributed by atoms with E-state index in [1.54, 1.807) is 0 Å². The molecule has 64 heavy (non-hydrogen) atoms. The normalized spacial score (nSPS) is 13.1. The number of esters is 3. The van der Waals surface area contributed by atoms with Crippen LogP contribution in [0.15, 0.2) is 122 Å². The fraction of sp³-hybridized carbons (Fsp3) is 0.603. The van der Waals surface area contributed by atoms with Crippen molar-refractivity contribution in [2.24, 2.45) is 0 Å². The van der Waals surface area contributed by atoms with Crippen molar-refractivity contribution in [3.05, 3.63) is 122 Å². The molecule has 0 aliphatic rings. The van der Waals surface area contributed by atoms with Gasteiger partial charge in [-0.3, -0.25) is 14.4 Å². The second-order valence-electron chi connectivity index (χ2n) is 16.4. The van der Waals surface area contributed by atoms with Gasteiger partial charge in [-0.1, -0.05) is 232 Å². The average Bonchev–Trinajstić information content (AvgIpc) is 3.29. The molecule has 0 saturated carbocycles. The number of carbonyl (C=O) groups excluding carboxylic acids is 3. The van der Waals surface area contributed by atoms with E-state index in [4.69, 9.17) is 14.2 Å². The number of unbranched alkanes of at least 4 members (excludes halogenated alkanes) is 17. The van der Waals surface area contributed by atoms with E-state index in [2.05, 4.69) is 93.7 Å². The predicted molar refractivity (Wildman–Crippen MR) is 274 cm³/mol. The van der Waals surface area contributed by atoms with E-state index in [0.29, 0.717) is 19.3 Å². The Labute approximate surface area is 392 Å². The minimum Gasteiger partial charge on any atom is -0.462 e. The third kappa shape index (κ3) is 48.8. The molecule has 360 valence electrons. The molecule has 0 saturated heterocycles. The quantitative estimate of drug-likeness (QED) is 0.0199. The Bertz CT molecular complexity index is 1390. The third-order valence-electron chi connectivity index (χ3n) is 10.3. The summed E-state index contributed by atoms with van der Waals surface area (Å²) in [7, 11) is 0. The maximum atomic E-state index is 12.8. The number of rotatable bonds is 44. The zero-order valence-corrected chi connectivity index (χ0v) is 41.0. The second-order valence-corrected chi connectivity index (χ2v) is 16.4. The fourth-order valence-electron chi connectivity index (χ4n) is 6.56. The first-order valence-electron chi connectivity index (χ1n) is 25.6. The zero-order chi connectivity index (χ0) is 46.5. The molecule has 1 atom stereocenters. The van der Waals surface area contributed by atoms with Crippen molar-refractivity contribution >= 4 is 17.9 Å². The van der Waals surface area contributed by atoms with E-state index in [0.717, 1.165) is 83.5 Å². The summed E-state index contributed by atoms with van der Waals surface area (Å²) in [6, 6.07) is 0. The van der Waals surface area contributed by atoms with Crippen LogP contribution in [0.4, 0.5) is 0 Å². The molecule has 0 bridgehead atoms. The minimum atomic E-state index is -0.824. The topological polar surface area (TPSA) is 78.9 Å². The third-order valence-corrected chi connectivity index (χ3v) is 10.3. The predicted octanol–water partition coefficient (Wildman–Crippen LogP) is 16.9. The monoisotopic (exact) mass is 885 g/mol. The van der Waals surface area contributed by atoms with Crippen LogP contribution in [-0.2, 0) is 28.6 Å². The molecular weight excluding hydrogens is 793 g/mol. The molecule has 0 aromatic carbocycles. The SMILES string of the molecule is CC\C=C/C=C\C=C/C=C\C=C/CCCCCC(=O)OC(COC(=O)CCC/C=C\C/C=C\C/C=C\C/C=C\C/C=C\CC)COC(=O)CCCCCCCCCCCCCCCC. The fourth-order valence-corrected chi connectivity index (χ4v) is 6.56. The highest BCUT2D eigenvalue weighted by molar-refractivity contribution is 5.71. The van der Waals surface area contributed by atoms with Crippen LogP contribution in [0.1, 0.15) is 207 Å². The molecule has 0 fully saturated rings. The van der Waals surface area contributed by atoms with Crippen molar-refractivity contribution in [3.8, 4) is 0 Å². The number of carbonyl (C=O) groups is 3. The zero-order valence-electron chi connectivity index (χ0n) is 41.0. The molecule has 0 N–H and O–H groups in total. The van der Waals surface area contributed by atoms with Crippen LogP contribution in [0.3, 0.4) is 0 Å². The summed E-state index contributed by atoms with van der Waals surface area (Å²) in [5, 5.41) is 0. The van der Waals surface area contributed by atoms with Gasteiger partial charge in [0.2, 0.25) is 0 Å². The van der Waals surface area contributed by atoms with Gasteiger partial charge in [0.1, 0.15) is 13.2 Å². The first-order chi connectivity index (χ1) is 31.5. The van der Waals surface area contributed by atoms with Crippen molar-refractivity contribution in [3.63, 3.8) is 0 Å². The van der Waals surface area contributed by atoms with Crippen LogP contribution in [0.5, 0.6) is 0 Å². The first-order valence-corrected chi connectivity index (χ1v) is 25.6. The van der Waals surface area contributed by atoms with Crippen LogP contribution in [0.2, 0.25) is 0 Å². The summed E-state index contributed by atoms with van der Waals surface area (Å²) in [4.78, 5) is 38.0. The molecule has 0 radical (unpaired) electrons. The van der Waals surface area contributed by atoms with Gasteiger partial charge in [0.05, 0.1) is 0 Å². The molecule has 6 heteroatoms. The van der Waals surface area contributed by atoms with Crippen LogP contribution in [0.25, 0.3) is 0 Å². The lowest BCUT2D eigenvalue weighted by Crippen LogP contribution is -2.30. The van der Waals surface area contributed by atoms with Crippen molar-refractivity contribution < 1.29 is 28.6 Å². The molecule has 0 amide bonds. The van der Waals surface area contributed by atoms with E-state index in [1.165, 1.54) is 70.6 Å². The van der Waals surface area contributed by atoms with E-state index >= 15 is 0 Å². The van der Waals surface area contributed by atoms with E-state index < -0.39 is 6.10 Å². The van der Waals surface area contributed by atoms with Gasteiger partial charge in [-0.2, -0.15) is 0 Å². The average molecular weight is 885 g/mol. The van der Waals surface area contributed by atoms with Crippen LogP contribution >= 0.6 is 0 Å².